The molecule has 6 rings (SSSR count). The minimum atomic E-state index is 0. The number of nitrogens with zero attached hydrogens (tertiary/aromatic N) is 4. The van der Waals surface area contributed by atoms with E-state index in [-0.39, 0.29) is 18.3 Å². The molecule has 4 aromatic rings. The van der Waals surface area contributed by atoms with Gasteiger partial charge in [0.25, 0.3) is 5.91 Å². The van der Waals surface area contributed by atoms with Crippen LogP contribution in [0, 0.1) is 6.92 Å². The van der Waals surface area contributed by atoms with Crippen molar-refractivity contribution in [3.05, 3.63) is 76.3 Å². The fourth-order valence-corrected chi connectivity index (χ4v) is 5.77. The van der Waals surface area contributed by atoms with E-state index in [1.807, 2.05) is 46.8 Å². The van der Waals surface area contributed by atoms with Crippen LogP contribution < -0.4 is 21.9 Å². The molecule has 0 bridgehead atoms. The first-order chi connectivity index (χ1) is 16.6. The fraction of sp³-hybridized carbons (Fsp3) is 0.308. The largest absolute Gasteiger partial charge is 1.00 e. The van der Waals surface area contributed by atoms with E-state index in [0.29, 0.717) is 13.3 Å². The molecule has 1 fully saturated rings. The Morgan fingerprint density at radius 3 is 2.51 bits per heavy atom. The van der Waals surface area contributed by atoms with E-state index in [0.717, 1.165) is 65.0 Å². The Balaban J connectivity index is 0.00000253. The van der Waals surface area contributed by atoms with Crippen molar-refractivity contribution in [2.24, 2.45) is 0 Å². The van der Waals surface area contributed by atoms with E-state index in [9.17, 15) is 4.79 Å². The molecule has 0 saturated carbocycles. The first kappa shape index (κ1) is 23.7. The van der Waals surface area contributed by atoms with Gasteiger partial charge in [0.15, 0.2) is 11.5 Å². The number of thiophene rings is 1. The minimum absolute atomic E-state index is 0. The molecular formula is C26H26ClN4O3S-. The Morgan fingerprint density at radius 2 is 1.71 bits per heavy atom. The van der Waals surface area contributed by atoms with Crippen molar-refractivity contribution < 1.29 is 26.7 Å². The molecule has 1 saturated heterocycles. The molecule has 1 amide bonds. The predicted octanol–water partition coefficient (Wildman–Crippen LogP) is 1.15. The number of rotatable bonds is 5. The molecule has 2 aromatic heterocycles. The maximum Gasteiger partial charge on any atom is 0.264 e. The number of carbonyl (C=O) groups is 1. The number of carbonyl (C=O) groups excluding carboxylic acids is 1. The van der Waals surface area contributed by atoms with Crippen LogP contribution in [0.25, 0.3) is 10.2 Å². The summed E-state index contributed by atoms with van der Waals surface area (Å²) in [5, 5.41) is 5.78. The summed E-state index contributed by atoms with van der Waals surface area (Å²) in [6.07, 6.45) is 0. The van der Waals surface area contributed by atoms with E-state index >= 15 is 0 Å². The molecule has 0 atom stereocenters. The molecule has 0 spiro atoms. The first-order valence-corrected chi connectivity index (χ1v) is 12.4. The summed E-state index contributed by atoms with van der Waals surface area (Å²) in [6, 6.07) is 18.4. The summed E-state index contributed by atoms with van der Waals surface area (Å²) < 4.78 is 12.9. The number of aryl methyl sites for hydroxylation is 1. The first-order valence-electron chi connectivity index (χ1n) is 11.5. The lowest BCUT2D eigenvalue weighted by molar-refractivity contribution is -0.0000193. The second-order valence-corrected chi connectivity index (χ2v) is 9.84. The molecule has 0 aliphatic carbocycles. The summed E-state index contributed by atoms with van der Waals surface area (Å²) >= 11 is 1.55. The Morgan fingerprint density at radius 1 is 0.943 bits per heavy atom. The van der Waals surface area contributed by atoms with Gasteiger partial charge in [0.2, 0.25) is 6.79 Å². The van der Waals surface area contributed by atoms with Crippen LogP contribution in [-0.2, 0) is 13.1 Å². The maximum atomic E-state index is 13.3. The molecule has 2 aliphatic rings. The quantitative estimate of drug-likeness (QED) is 0.404. The van der Waals surface area contributed by atoms with Crippen LogP contribution >= 0.6 is 11.3 Å². The Labute approximate surface area is 214 Å². The lowest BCUT2D eigenvalue weighted by Gasteiger charge is -2.34. The van der Waals surface area contributed by atoms with Crippen LogP contribution in [0.3, 0.4) is 0 Å². The van der Waals surface area contributed by atoms with Crippen LogP contribution in [0.4, 0.5) is 0 Å². The molecule has 0 unspecified atom stereocenters. The van der Waals surface area contributed by atoms with Gasteiger partial charge in [-0.15, -0.1) is 11.3 Å². The van der Waals surface area contributed by atoms with Crippen LogP contribution in [0.5, 0.6) is 11.5 Å². The monoisotopic (exact) mass is 509 g/mol. The van der Waals surface area contributed by atoms with Crippen molar-refractivity contribution >= 4 is 27.5 Å². The van der Waals surface area contributed by atoms with E-state index in [4.69, 9.17) is 14.6 Å². The molecular weight excluding hydrogens is 484 g/mol. The number of piperazine rings is 1. The van der Waals surface area contributed by atoms with Crippen molar-refractivity contribution in [2.45, 2.75) is 20.0 Å². The van der Waals surface area contributed by atoms with Gasteiger partial charge in [-0.1, -0.05) is 36.4 Å². The Hall–Kier alpha value is -3.07. The molecule has 2 aromatic carbocycles. The topological polar surface area (TPSA) is 59.8 Å². The predicted molar refractivity (Wildman–Crippen MR) is 132 cm³/mol. The number of aromatic nitrogens is 2. The number of hydrogen-bond donors (Lipinski definition) is 0. The average molecular weight is 510 g/mol. The van der Waals surface area contributed by atoms with Crippen molar-refractivity contribution in [3.8, 4) is 11.5 Å². The van der Waals surface area contributed by atoms with E-state index < -0.39 is 0 Å². The second kappa shape index (κ2) is 9.89. The molecule has 7 nitrogen and oxygen atoms in total. The van der Waals surface area contributed by atoms with Gasteiger partial charge in [-0.2, -0.15) is 5.10 Å². The van der Waals surface area contributed by atoms with E-state index in [2.05, 4.69) is 29.2 Å². The van der Waals surface area contributed by atoms with Crippen LogP contribution in [0.1, 0.15) is 26.5 Å². The lowest BCUT2D eigenvalue weighted by atomic mass is 10.1. The molecule has 0 radical (unpaired) electrons. The standard InChI is InChI=1S/C26H26N4O3S.ClH/c1-18-21-14-24(34-26(21)30(27-18)16-19-5-3-2-4-6-19)25(31)29-11-9-28(10-12-29)15-20-7-8-22-23(13-20)33-17-32-22;/h2-8,13-14H,9-12,15-17H2,1H3;1H/p-1. The van der Waals surface area contributed by atoms with Gasteiger partial charge in [0.1, 0.15) is 4.83 Å². The van der Waals surface area contributed by atoms with Gasteiger partial charge in [0, 0.05) is 38.1 Å². The molecule has 2 aliphatic heterocycles. The fourth-order valence-electron chi connectivity index (χ4n) is 4.64. The summed E-state index contributed by atoms with van der Waals surface area (Å²) in [5.74, 6) is 1.75. The van der Waals surface area contributed by atoms with Crippen molar-refractivity contribution in [2.75, 3.05) is 33.0 Å². The van der Waals surface area contributed by atoms with Crippen LogP contribution in [0.2, 0.25) is 0 Å². The number of benzene rings is 2. The van der Waals surface area contributed by atoms with Gasteiger partial charge < -0.3 is 26.8 Å². The number of amides is 1. The molecule has 182 valence electrons. The SMILES string of the molecule is Cc1nn(Cc2ccccc2)c2sc(C(=O)N3CCN(Cc4ccc5c(c4)OCO5)CC3)cc12.[Cl-]. The summed E-state index contributed by atoms with van der Waals surface area (Å²) in [6.45, 7) is 7.02. The van der Waals surface area contributed by atoms with Crippen LogP contribution in [0.15, 0.2) is 54.6 Å². The highest BCUT2D eigenvalue weighted by Gasteiger charge is 2.25. The van der Waals surface area contributed by atoms with Crippen molar-refractivity contribution in [1.29, 1.82) is 0 Å². The third kappa shape index (κ3) is 4.74. The zero-order chi connectivity index (χ0) is 23.1. The average Bonchev–Trinajstić information content (AvgIpc) is 3.57. The number of halogens is 1. The van der Waals surface area contributed by atoms with E-state index in [1.165, 1.54) is 11.1 Å². The summed E-state index contributed by atoms with van der Waals surface area (Å²) in [5.41, 5.74) is 3.37. The van der Waals surface area contributed by atoms with Crippen molar-refractivity contribution in [3.63, 3.8) is 0 Å². The highest BCUT2D eigenvalue weighted by atomic mass is 35.5. The second-order valence-electron chi connectivity index (χ2n) is 8.81. The highest BCUT2D eigenvalue weighted by molar-refractivity contribution is 7.20. The summed E-state index contributed by atoms with van der Waals surface area (Å²) in [4.78, 5) is 19.5. The number of fused-ring (bicyclic) bond motifs is 2. The maximum absolute atomic E-state index is 13.3. The lowest BCUT2D eigenvalue weighted by Crippen LogP contribution is -3.00. The third-order valence-electron chi connectivity index (χ3n) is 6.50. The van der Waals surface area contributed by atoms with Gasteiger partial charge in [-0.25, -0.2) is 0 Å². The number of hydrogen-bond acceptors (Lipinski definition) is 6. The van der Waals surface area contributed by atoms with Gasteiger partial charge >= 0.3 is 0 Å². The molecule has 4 heterocycles. The van der Waals surface area contributed by atoms with Gasteiger partial charge in [-0.05, 0) is 36.2 Å². The zero-order valence-electron chi connectivity index (χ0n) is 19.4. The molecule has 35 heavy (non-hydrogen) atoms. The Kier molecular flexibility index (Phi) is 6.69. The smallest absolute Gasteiger partial charge is 0.264 e. The molecule has 0 N–H and O–H groups in total. The molecule has 9 heteroatoms. The number of ether oxygens (including phenoxy) is 2. The van der Waals surface area contributed by atoms with E-state index in [1.54, 1.807) is 11.3 Å². The van der Waals surface area contributed by atoms with Crippen LogP contribution in [-0.4, -0.2) is 58.5 Å². The van der Waals surface area contributed by atoms with Gasteiger partial charge in [-0.3, -0.25) is 14.4 Å². The van der Waals surface area contributed by atoms with Crippen molar-refractivity contribution in [1.82, 2.24) is 19.6 Å². The highest BCUT2D eigenvalue weighted by Crippen LogP contribution is 2.33. The summed E-state index contributed by atoms with van der Waals surface area (Å²) in [7, 11) is 0. The van der Waals surface area contributed by atoms with Gasteiger partial charge in [0.05, 0.1) is 17.1 Å². The third-order valence-corrected chi connectivity index (χ3v) is 7.63. The Bertz CT molecular complexity index is 1350. The minimum Gasteiger partial charge on any atom is -1.00 e. The zero-order valence-corrected chi connectivity index (χ0v) is 21.0. The normalized spacial score (nSPS) is 15.4.